The van der Waals surface area contributed by atoms with Gasteiger partial charge in [-0.1, -0.05) is 30.3 Å². The number of benzene rings is 1. The molecule has 2 aliphatic rings. The molecule has 5 rings (SSSR count). The Hall–Kier alpha value is -3.22. The molecular weight excluding hydrogens is 366 g/mol. The summed E-state index contributed by atoms with van der Waals surface area (Å²) in [6, 6.07) is 12.0. The minimum absolute atomic E-state index is 0.0357. The maximum absolute atomic E-state index is 13.3. The Labute approximate surface area is 168 Å². The van der Waals surface area contributed by atoms with Gasteiger partial charge in [-0.25, -0.2) is 0 Å². The minimum atomic E-state index is -0.293. The molecule has 0 bridgehead atoms. The van der Waals surface area contributed by atoms with Crippen molar-refractivity contribution in [1.82, 2.24) is 24.6 Å². The van der Waals surface area contributed by atoms with Crippen molar-refractivity contribution < 1.29 is 4.79 Å². The number of H-pyrrole nitrogens is 1. The Morgan fingerprint density at radius 2 is 2.03 bits per heavy atom. The van der Waals surface area contributed by atoms with E-state index in [1.165, 1.54) is 5.56 Å². The zero-order chi connectivity index (χ0) is 20.0. The number of nitrogens with one attached hydrogen (secondary N) is 1. The molecule has 0 fully saturated rings. The van der Waals surface area contributed by atoms with E-state index in [9.17, 15) is 9.59 Å². The number of aromatic nitrogens is 4. The van der Waals surface area contributed by atoms with E-state index in [1.807, 2.05) is 25.1 Å². The summed E-state index contributed by atoms with van der Waals surface area (Å²) < 4.78 is 2.13. The van der Waals surface area contributed by atoms with Gasteiger partial charge in [0.2, 0.25) is 0 Å². The van der Waals surface area contributed by atoms with Gasteiger partial charge in [0.1, 0.15) is 11.4 Å². The van der Waals surface area contributed by atoms with Crippen LogP contribution in [0.1, 0.15) is 51.3 Å². The molecule has 0 spiro atoms. The van der Waals surface area contributed by atoms with Crippen LogP contribution in [0.15, 0.2) is 41.2 Å². The lowest BCUT2D eigenvalue weighted by molar-refractivity contribution is 0.0670. The lowest BCUT2D eigenvalue weighted by atomic mass is 10.0. The molecule has 1 aliphatic carbocycles. The van der Waals surface area contributed by atoms with Crippen molar-refractivity contribution in [3.05, 3.63) is 80.8 Å². The van der Waals surface area contributed by atoms with Crippen molar-refractivity contribution in [2.45, 2.75) is 45.2 Å². The molecule has 0 saturated heterocycles. The van der Waals surface area contributed by atoms with Crippen LogP contribution < -0.4 is 5.56 Å². The molecule has 7 heteroatoms. The number of pyridine rings is 1. The van der Waals surface area contributed by atoms with Crippen molar-refractivity contribution in [1.29, 1.82) is 0 Å². The highest BCUT2D eigenvalue weighted by molar-refractivity contribution is 5.94. The lowest BCUT2D eigenvalue weighted by Crippen LogP contribution is -2.43. The molecule has 1 N–H and O–H groups in total. The fourth-order valence-electron chi connectivity index (χ4n) is 4.61. The molecule has 1 aromatic carbocycles. The van der Waals surface area contributed by atoms with Gasteiger partial charge in [-0.05, 0) is 49.8 Å². The SMILES string of the molecule is Cc1nnc2n1[C@H](Cc1ccccc1)CN(C(=O)c1cc3c([nH]c1=O)CCC3)C2. The highest BCUT2D eigenvalue weighted by Crippen LogP contribution is 2.26. The Bertz CT molecular complexity index is 1130. The van der Waals surface area contributed by atoms with Crippen molar-refractivity contribution in [3.8, 4) is 0 Å². The molecule has 3 aromatic rings. The van der Waals surface area contributed by atoms with Crippen LogP contribution in [0.5, 0.6) is 0 Å². The Balaban J connectivity index is 1.47. The van der Waals surface area contributed by atoms with Crippen LogP contribution in [0.2, 0.25) is 0 Å². The number of nitrogens with zero attached hydrogens (tertiary/aromatic N) is 4. The van der Waals surface area contributed by atoms with Crippen LogP contribution in [0.4, 0.5) is 0 Å². The first-order chi connectivity index (χ1) is 14.1. The fourth-order valence-corrected chi connectivity index (χ4v) is 4.61. The first-order valence-corrected chi connectivity index (χ1v) is 10.1. The van der Waals surface area contributed by atoms with E-state index in [0.717, 1.165) is 48.6 Å². The first-order valence-electron chi connectivity index (χ1n) is 10.1. The molecule has 1 amide bonds. The van der Waals surface area contributed by atoms with Gasteiger partial charge in [0.05, 0.1) is 12.6 Å². The number of rotatable bonds is 3. The molecule has 1 aliphatic heterocycles. The van der Waals surface area contributed by atoms with Crippen LogP contribution >= 0.6 is 0 Å². The van der Waals surface area contributed by atoms with Crippen LogP contribution in [-0.2, 0) is 25.8 Å². The standard InChI is InChI=1S/C22H23N5O2/c1-14-24-25-20-13-26(12-17(27(14)20)10-15-6-3-2-4-7-15)22(29)18-11-16-8-5-9-19(16)23-21(18)28/h2-4,6-7,11,17H,5,8-10,12-13H2,1H3,(H,23,28)/t17-/m1/s1. The van der Waals surface area contributed by atoms with Gasteiger partial charge in [-0.3, -0.25) is 9.59 Å². The smallest absolute Gasteiger partial charge is 0.261 e. The van der Waals surface area contributed by atoms with Crippen LogP contribution in [0, 0.1) is 6.92 Å². The number of carbonyl (C=O) groups excluding carboxylic acids is 1. The average molecular weight is 389 g/mol. The summed E-state index contributed by atoms with van der Waals surface area (Å²) in [5.41, 5.74) is 3.20. The predicted molar refractivity (Wildman–Crippen MR) is 108 cm³/mol. The van der Waals surface area contributed by atoms with Gasteiger partial charge in [-0.15, -0.1) is 10.2 Å². The minimum Gasteiger partial charge on any atom is -0.329 e. The maximum atomic E-state index is 13.3. The summed E-state index contributed by atoms with van der Waals surface area (Å²) in [4.78, 5) is 30.5. The van der Waals surface area contributed by atoms with Crippen LogP contribution in [-0.4, -0.2) is 37.1 Å². The number of hydrogen-bond acceptors (Lipinski definition) is 4. The van der Waals surface area contributed by atoms with Gasteiger partial charge in [0.25, 0.3) is 11.5 Å². The van der Waals surface area contributed by atoms with Crippen LogP contribution in [0.25, 0.3) is 0 Å². The van der Waals surface area contributed by atoms with Crippen molar-refractivity contribution >= 4 is 5.91 Å². The Morgan fingerprint density at radius 3 is 2.86 bits per heavy atom. The van der Waals surface area contributed by atoms with E-state index in [-0.39, 0.29) is 23.1 Å². The summed E-state index contributed by atoms with van der Waals surface area (Å²) in [5.74, 6) is 1.38. The number of fused-ring (bicyclic) bond motifs is 2. The van der Waals surface area contributed by atoms with E-state index in [4.69, 9.17) is 0 Å². The summed E-state index contributed by atoms with van der Waals surface area (Å²) in [7, 11) is 0. The van der Waals surface area contributed by atoms with Crippen LogP contribution in [0.3, 0.4) is 0 Å². The summed E-state index contributed by atoms with van der Waals surface area (Å²) in [6.07, 6.45) is 3.59. The molecule has 148 valence electrons. The van der Waals surface area contributed by atoms with Gasteiger partial charge >= 0.3 is 0 Å². The maximum Gasteiger partial charge on any atom is 0.261 e. The third-order valence-electron chi connectivity index (χ3n) is 5.99. The zero-order valence-corrected chi connectivity index (χ0v) is 16.4. The van der Waals surface area contributed by atoms with Crippen molar-refractivity contribution in [2.24, 2.45) is 0 Å². The first kappa shape index (κ1) is 17.8. The quantitative estimate of drug-likeness (QED) is 0.744. The molecule has 1 atom stereocenters. The third-order valence-corrected chi connectivity index (χ3v) is 5.99. The number of amides is 1. The van der Waals surface area contributed by atoms with E-state index < -0.39 is 0 Å². The summed E-state index contributed by atoms with van der Waals surface area (Å²) in [6.45, 7) is 2.83. The predicted octanol–water partition coefficient (Wildman–Crippen LogP) is 2.20. The highest BCUT2D eigenvalue weighted by atomic mass is 16.2. The number of carbonyl (C=O) groups is 1. The van der Waals surface area contributed by atoms with E-state index in [0.29, 0.717) is 13.1 Å². The normalized spacial score (nSPS) is 17.8. The van der Waals surface area contributed by atoms with Gasteiger partial charge in [0, 0.05) is 12.2 Å². The zero-order valence-electron chi connectivity index (χ0n) is 16.4. The summed E-state index contributed by atoms with van der Waals surface area (Å²) >= 11 is 0. The number of aromatic amines is 1. The van der Waals surface area contributed by atoms with Crippen molar-refractivity contribution in [3.63, 3.8) is 0 Å². The molecule has 7 nitrogen and oxygen atoms in total. The molecule has 29 heavy (non-hydrogen) atoms. The van der Waals surface area contributed by atoms with Gasteiger partial charge in [-0.2, -0.15) is 0 Å². The monoisotopic (exact) mass is 389 g/mol. The lowest BCUT2D eigenvalue weighted by Gasteiger charge is -2.34. The topological polar surface area (TPSA) is 83.9 Å². The second kappa shape index (κ2) is 6.99. The van der Waals surface area contributed by atoms with E-state index in [1.54, 1.807) is 11.0 Å². The second-order valence-electron chi connectivity index (χ2n) is 7.93. The second-order valence-corrected chi connectivity index (χ2v) is 7.93. The Morgan fingerprint density at radius 1 is 1.21 bits per heavy atom. The molecule has 0 radical (unpaired) electrons. The Kier molecular flexibility index (Phi) is 4.30. The van der Waals surface area contributed by atoms with Gasteiger partial charge < -0.3 is 14.5 Å². The third kappa shape index (κ3) is 3.16. The van der Waals surface area contributed by atoms with Crippen molar-refractivity contribution in [2.75, 3.05) is 6.54 Å². The molecule has 3 heterocycles. The number of aryl methyl sites for hydroxylation is 3. The molecular formula is C22H23N5O2. The number of hydrogen-bond donors (Lipinski definition) is 1. The average Bonchev–Trinajstić information content (AvgIpc) is 3.33. The summed E-state index contributed by atoms with van der Waals surface area (Å²) in [5, 5.41) is 8.52. The van der Waals surface area contributed by atoms with E-state index in [2.05, 4.69) is 31.9 Å². The molecule has 0 saturated carbocycles. The fraction of sp³-hybridized carbons (Fsp3) is 0.364. The van der Waals surface area contributed by atoms with Gasteiger partial charge in [0.15, 0.2) is 5.82 Å². The van der Waals surface area contributed by atoms with E-state index >= 15 is 0 Å². The molecule has 2 aromatic heterocycles. The highest BCUT2D eigenvalue weighted by Gasteiger charge is 2.32. The largest absolute Gasteiger partial charge is 0.329 e. The molecule has 0 unspecified atom stereocenters.